The zero-order valence-corrected chi connectivity index (χ0v) is 28.5. The molecule has 0 fully saturated rings. The van der Waals surface area contributed by atoms with Crippen LogP contribution in [0.4, 0.5) is 22.0 Å². The van der Waals surface area contributed by atoms with E-state index in [1.165, 1.54) is 24.8 Å². The van der Waals surface area contributed by atoms with E-state index in [1.54, 1.807) is 0 Å². The number of aromatic nitrogens is 2. The van der Waals surface area contributed by atoms with Gasteiger partial charge in [-0.1, -0.05) is 91.3 Å². The molecule has 0 spiro atoms. The van der Waals surface area contributed by atoms with Crippen molar-refractivity contribution < 1.29 is 19.1 Å². The van der Waals surface area contributed by atoms with Crippen LogP contribution in [0.2, 0.25) is 0 Å². The molecule has 0 saturated carbocycles. The molecule has 10 heteroatoms. The Hall–Kier alpha value is -4.99. The summed E-state index contributed by atoms with van der Waals surface area (Å²) in [6.45, 7) is 14.2. The predicted molar refractivity (Wildman–Crippen MR) is 189 cm³/mol. The topological polar surface area (TPSA) is 126 Å². The number of carbonyl (C=O) groups is 3. The average molecular weight is 631 g/mol. The third kappa shape index (κ3) is 12.9. The van der Waals surface area contributed by atoms with Crippen LogP contribution in [-0.4, -0.2) is 59.5 Å². The van der Waals surface area contributed by atoms with Gasteiger partial charge >= 0.3 is 6.09 Å². The van der Waals surface area contributed by atoms with E-state index >= 15 is 0 Å². The fourth-order valence-electron chi connectivity index (χ4n) is 4.01. The Bertz CT molecular complexity index is 1460. The number of anilines is 3. The highest BCUT2D eigenvalue weighted by molar-refractivity contribution is 5.96. The molecule has 0 atom stereocenters. The fraction of sp³-hybridized carbons (Fsp3) is 0.361. The van der Waals surface area contributed by atoms with Crippen molar-refractivity contribution in [2.45, 2.75) is 61.3 Å². The molecule has 46 heavy (non-hydrogen) atoms. The van der Waals surface area contributed by atoms with Gasteiger partial charge in [-0.05, 0) is 53.9 Å². The van der Waals surface area contributed by atoms with Crippen LogP contribution in [0.5, 0.6) is 0 Å². The first-order chi connectivity index (χ1) is 22.4. The highest BCUT2D eigenvalue weighted by atomic mass is 16.5. The Morgan fingerprint density at radius 1 is 0.804 bits per heavy atom. The Kier molecular flexibility index (Phi) is 19.1. The van der Waals surface area contributed by atoms with E-state index in [0.29, 0.717) is 24.5 Å². The molecule has 10 nitrogen and oxygen atoms in total. The van der Waals surface area contributed by atoms with Gasteiger partial charge in [-0.25, -0.2) is 14.8 Å². The molecular weight excluding hydrogens is 580 g/mol. The predicted octanol–water partition coefficient (Wildman–Crippen LogP) is 8.04. The highest BCUT2D eigenvalue weighted by Crippen LogP contribution is 2.29. The van der Waals surface area contributed by atoms with Gasteiger partial charge in [0.05, 0.1) is 19.2 Å². The van der Waals surface area contributed by atoms with E-state index in [0.717, 1.165) is 27.7 Å². The van der Waals surface area contributed by atoms with E-state index in [2.05, 4.69) is 44.5 Å². The van der Waals surface area contributed by atoms with Crippen LogP contribution in [0.15, 0.2) is 79.1 Å². The lowest BCUT2D eigenvalue weighted by molar-refractivity contribution is -0.133. The van der Waals surface area contributed by atoms with Gasteiger partial charge in [-0.3, -0.25) is 9.59 Å². The van der Waals surface area contributed by atoms with Crippen molar-refractivity contribution in [1.29, 1.82) is 0 Å². The molecule has 3 aromatic carbocycles. The van der Waals surface area contributed by atoms with Crippen molar-refractivity contribution in [3.05, 3.63) is 79.1 Å². The number of ether oxygens (including phenoxy) is 1. The summed E-state index contributed by atoms with van der Waals surface area (Å²) < 4.78 is 4.48. The van der Waals surface area contributed by atoms with Gasteiger partial charge in [-0.2, -0.15) is 0 Å². The third-order valence-corrected chi connectivity index (χ3v) is 5.92. The molecule has 0 radical (unpaired) electrons. The van der Waals surface area contributed by atoms with Gasteiger partial charge < -0.3 is 25.6 Å². The third-order valence-electron chi connectivity index (χ3n) is 5.92. The number of amides is 3. The number of nitrogens with one attached hydrogen (secondary N) is 3. The number of carbonyl (C=O) groups excluding carboxylic acids is 3. The molecule has 0 aliphatic heterocycles. The summed E-state index contributed by atoms with van der Waals surface area (Å²) in [7, 11) is 1.22. The van der Waals surface area contributed by atoms with Crippen molar-refractivity contribution in [2.24, 2.45) is 0 Å². The molecule has 248 valence electrons. The van der Waals surface area contributed by atoms with Crippen LogP contribution in [0.25, 0.3) is 22.0 Å². The maximum absolute atomic E-state index is 12.6. The quantitative estimate of drug-likeness (QED) is 0.162. The molecule has 4 rings (SSSR count). The van der Waals surface area contributed by atoms with Crippen LogP contribution < -0.4 is 16.0 Å². The van der Waals surface area contributed by atoms with Gasteiger partial charge in [0.2, 0.25) is 11.8 Å². The molecule has 0 aliphatic carbocycles. The zero-order valence-electron chi connectivity index (χ0n) is 28.5. The van der Waals surface area contributed by atoms with Crippen LogP contribution in [-0.2, 0) is 14.3 Å². The standard InChI is InChI=1S/C29H30N6O4.C3H8.2C2H6/c1-3-15-35(27(37)17-30-29(38)39-2)18-26(36)33-23-12-9-20(10-13-23)21-11-14-25-24(16-21)28(32-19-31-25)34-22-7-5-4-6-8-22;1-3-2;2*1-2/h4-14,16,19H,3,15,17-18H2,1-2H3,(H,30,38)(H,33,36)(H,31,32,34);3H2,1-2H3;2*1-2H3. The summed E-state index contributed by atoms with van der Waals surface area (Å²) in [5, 5.41) is 9.42. The highest BCUT2D eigenvalue weighted by Gasteiger charge is 2.17. The van der Waals surface area contributed by atoms with Crippen molar-refractivity contribution in [2.75, 3.05) is 37.4 Å². The minimum Gasteiger partial charge on any atom is -0.453 e. The lowest BCUT2D eigenvalue weighted by Crippen LogP contribution is -2.44. The molecular formula is C36H50N6O4. The van der Waals surface area contributed by atoms with Crippen LogP contribution in [0, 0.1) is 0 Å². The van der Waals surface area contributed by atoms with Crippen molar-refractivity contribution in [3.8, 4) is 11.1 Å². The van der Waals surface area contributed by atoms with Gasteiger partial charge in [0.15, 0.2) is 0 Å². The summed E-state index contributed by atoms with van der Waals surface area (Å²) in [5.74, 6) is 0.0150. The number of hydrogen-bond donors (Lipinski definition) is 3. The molecule has 1 heterocycles. The Morgan fingerprint density at radius 3 is 2.04 bits per heavy atom. The monoisotopic (exact) mass is 630 g/mol. The smallest absolute Gasteiger partial charge is 0.407 e. The molecule has 0 bridgehead atoms. The first-order valence-corrected chi connectivity index (χ1v) is 15.9. The molecule has 1 aromatic heterocycles. The SMILES string of the molecule is CC.CC.CCC.CCCN(CC(=O)Nc1ccc(-c2ccc3ncnc(Nc4ccccc4)c3c2)cc1)C(=O)CNC(=O)OC. The summed E-state index contributed by atoms with van der Waals surface area (Å²) in [4.78, 5) is 46.5. The second-order valence-corrected chi connectivity index (χ2v) is 9.44. The minimum atomic E-state index is -0.702. The van der Waals surface area contributed by atoms with Gasteiger partial charge in [0.1, 0.15) is 18.7 Å². The summed E-state index contributed by atoms with van der Waals surface area (Å²) in [6, 6.07) is 23.3. The van der Waals surface area contributed by atoms with Gasteiger partial charge in [-0.15, -0.1) is 0 Å². The van der Waals surface area contributed by atoms with Crippen LogP contribution in [0.1, 0.15) is 61.3 Å². The lowest BCUT2D eigenvalue weighted by Gasteiger charge is -2.21. The van der Waals surface area contributed by atoms with Crippen molar-refractivity contribution in [3.63, 3.8) is 0 Å². The molecule has 4 aromatic rings. The normalized spacial score (nSPS) is 9.57. The molecule has 3 N–H and O–H groups in total. The van der Waals surface area contributed by atoms with Crippen molar-refractivity contribution >= 4 is 46.0 Å². The largest absolute Gasteiger partial charge is 0.453 e. The fourth-order valence-corrected chi connectivity index (χ4v) is 4.01. The number of alkyl carbamates (subject to hydrolysis) is 1. The van der Waals surface area contributed by atoms with Gasteiger partial charge in [0, 0.05) is 23.3 Å². The maximum Gasteiger partial charge on any atom is 0.407 e. The minimum absolute atomic E-state index is 0.126. The summed E-state index contributed by atoms with van der Waals surface area (Å²) >= 11 is 0. The van der Waals surface area contributed by atoms with E-state index in [4.69, 9.17) is 0 Å². The van der Waals surface area contributed by atoms with E-state index in [-0.39, 0.29) is 24.9 Å². The molecule has 0 saturated heterocycles. The Labute approximate surface area is 274 Å². The molecule has 3 amide bonds. The number of para-hydroxylation sites is 1. The second kappa shape index (κ2) is 22.5. The first-order valence-electron chi connectivity index (χ1n) is 15.9. The number of fused-ring (bicyclic) bond motifs is 1. The Morgan fingerprint density at radius 2 is 1.43 bits per heavy atom. The van der Waals surface area contributed by atoms with Crippen molar-refractivity contribution in [1.82, 2.24) is 20.2 Å². The average Bonchev–Trinajstić information content (AvgIpc) is 3.09. The van der Waals surface area contributed by atoms with E-state index in [1.807, 2.05) is 107 Å². The molecule has 0 aliphatic rings. The zero-order chi connectivity index (χ0) is 34.3. The number of nitrogens with zero attached hydrogens (tertiary/aromatic N) is 3. The number of hydrogen-bond acceptors (Lipinski definition) is 7. The number of rotatable bonds is 10. The van der Waals surface area contributed by atoms with Crippen LogP contribution >= 0.6 is 0 Å². The number of benzene rings is 3. The number of methoxy groups -OCH3 is 1. The summed E-state index contributed by atoms with van der Waals surface area (Å²) in [6.07, 6.45) is 2.76. The van der Waals surface area contributed by atoms with E-state index < -0.39 is 6.09 Å². The van der Waals surface area contributed by atoms with Crippen LogP contribution in [0.3, 0.4) is 0 Å². The van der Waals surface area contributed by atoms with Gasteiger partial charge in [0.25, 0.3) is 0 Å². The maximum atomic E-state index is 12.6. The van der Waals surface area contributed by atoms with E-state index in [9.17, 15) is 14.4 Å². The molecule has 0 unspecified atom stereocenters. The Balaban J connectivity index is 0.00000140. The lowest BCUT2D eigenvalue weighted by atomic mass is 10.0. The second-order valence-electron chi connectivity index (χ2n) is 9.44. The summed E-state index contributed by atoms with van der Waals surface area (Å²) in [5.41, 5.74) is 4.30. The first kappa shape index (κ1) is 39.0.